The van der Waals surface area contributed by atoms with Gasteiger partial charge in [-0.25, -0.2) is 0 Å². The standard InChI is InChI=1S/C6H9NO/c1-3-4-7-5-6(2)8/h3-5,8H,1H2,2H3/b6-5+,7-4?. The fraction of sp³-hybridized carbons (Fsp3) is 0.167. The first-order valence-electron chi connectivity index (χ1n) is 2.27. The third-order valence-corrected chi connectivity index (χ3v) is 0.453. The third kappa shape index (κ3) is 4.95. The SMILES string of the molecule is C=CC=N/C=C(\C)O. The van der Waals surface area contributed by atoms with Crippen molar-refractivity contribution in [3.05, 3.63) is 24.6 Å². The molecule has 0 atom stereocenters. The molecule has 0 unspecified atom stereocenters. The lowest BCUT2D eigenvalue weighted by atomic mass is 10.6. The van der Waals surface area contributed by atoms with Crippen LogP contribution < -0.4 is 0 Å². The van der Waals surface area contributed by atoms with Crippen LogP contribution in [0.2, 0.25) is 0 Å². The maximum atomic E-state index is 8.49. The minimum Gasteiger partial charge on any atom is -0.511 e. The van der Waals surface area contributed by atoms with Crippen molar-refractivity contribution < 1.29 is 5.11 Å². The summed E-state index contributed by atoms with van der Waals surface area (Å²) in [5.74, 6) is 0.197. The fourth-order valence-corrected chi connectivity index (χ4v) is 0.212. The van der Waals surface area contributed by atoms with Gasteiger partial charge >= 0.3 is 0 Å². The van der Waals surface area contributed by atoms with Gasteiger partial charge in [0.15, 0.2) is 0 Å². The van der Waals surface area contributed by atoms with E-state index < -0.39 is 0 Å². The largest absolute Gasteiger partial charge is 0.511 e. The summed E-state index contributed by atoms with van der Waals surface area (Å²) in [5, 5.41) is 8.49. The second-order valence-corrected chi connectivity index (χ2v) is 1.30. The molecule has 44 valence electrons. The summed E-state index contributed by atoms with van der Waals surface area (Å²) < 4.78 is 0. The van der Waals surface area contributed by atoms with Crippen LogP contribution in [0.1, 0.15) is 6.92 Å². The van der Waals surface area contributed by atoms with Gasteiger partial charge in [0.2, 0.25) is 0 Å². The topological polar surface area (TPSA) is 32.6 Å². The first-order valence-corrected chi connectivity index (χ1v) is 2.27. The molecule has 0 fully saturated rings. The maximum absolute atomic E-state index is 8.49. The van der Waals surface area contributed by atoms with Gasteiger partial charge in [0.1, 0.15) is 5.76 Å². The van der Waals surface area contributed by atoms with Crippen LogP contribution in [-0.2, 0) is 0 Å². The second-order valence-electron chi connectivity index (χ2n) is 1.30. The van der Waals surface area contributed by atoms with E-state index in [-0.39, 0.29) is 5.76 Å². The Morgan fingerprint density at radius 2 is 2.38 bits per heavy atom. The van der Waals surface area contributed by atoms with Crippen molar-refractivity contribution in [3.8, 4) is 0 Å². The molecule has 0 amide bonds. The number of hydrogen-bond acceptors (Lipinski definition) is 2. The zero-order chi connectivity index (χ0) is 6.41. The van der Waals surface area contributed by atoms with Crippen LogP contribution in [0.5, 0.6) is 0 Å². The Kier molecular flexibility index (Phi) is 3.58. The number of nitrogens with zero attached hydrogens (tertiary/aromatic N) is 1. The number of rotatable bonds is 2. The van der Waals surface area contributed by atoms with E-state index in [1.807, 2.05) is 0 Å². The number of aliphatic imine (C=N–C) groups is 1. The van der Waals surface area contributed by atoms with E-state index in [1.54, 1.807) is 13.0 Å². The first-order chi connectivity index (χ1) is 3.77. The maximum Gasteiger partial charge on any atom is 0.107 e. The van der Waals surface area contributed by atoms with Crippen molar-refractivity contribution in [2.45, 2.75) is 6.92 Å². The highest BCUT2D eigenvalue weighted by molar-refractivity contribution is 5.70. The highest BCUT2D eigenvalue weighted by atomic mass is 16.3. The van der Waals surface area contributed by atoms with Gasteiger partial charge in [-0.1, -0.05) is 12.7 Å². The molecule has 1 N–H and O–H groups in total. The average molecular weight is 111 g/mol. The van der Waals surface area contributed by atoms with E-state index in [0.717, 1.165) is 0 Å². The van der Waals surface area contributed by atoms with Crippen molar-refractivity contribution >= 4 is 6.21 Å². The second kappa shape index (κ2) is 4.12. The molecule has 0 aliphatic rings. The summed E-state index contributed by atoms with van der Waals surface area (Å²) in [6.45, 7) is 4.95. The van der Waals surface area contributed by atoms with E-state index in [0.29, 0.717) is 0 Å². The van der Waals surface area contributed by atoms with E-state index in [9.17, 15) is 0 Å². The molecule has 0 aromatic carbocycles. The molecule has 8 heavy (non-hydrogen) atoms. The van der Waals surface area contributed by atoms with Crippen molar-refractivity contribution in [2.24, 2.45) is 4.99 Å². The predicted molar refractivity (Wildman–Crippen MR) is 35.1 cm³/mol. The summed E-state index contributed by atoms with van der Waals surface area (Å²) in [6.07, 6.45) is 4.39. The quantitative estimate of drug-likeness (QED) is 0.426. The smallest absolute Gasteiger partial charge is 0.107 e. The van der Waals surface area contributed by atoms with E-state index >= 15 is 0 Å². The zero-order valence-electron chi connectivity index (χ0n) is 4.83. The van der Waals surface area contributed by atoms with E-state index in [2.05, 4.69) is 11.6 Å². The molecule has 0 heterocycles. The Labute approximate surface area is 48.9 Å². The molecule has 0 aliphatic carbocycles. The number of aliphatic hydroxyl groups is 1. The van der Waals surface area contributed by atoms with Crippen molar-refractivity contribution in [1.29, 1.82) is 0 Å². The molecule has 0 saturated carbocycles. The lowest BCUT2D eigenvalue weighted by molar-refractivity contribution is 0.412. The van der Waals surface area contributed by atoms with Crippen LogP contribution in [0.4, 0.5) is 0 Å². The molecular formula is C6H9NO. The Morgan fingerprint density at radius 3 is 2.75 bits per heavy atom. The Morgan fingerprint density at radius 1 is 1.75 bits per heavy atom. The molecule has 0 aromatic rings. The normalized spacial score (nSPS) is 12.4. The molecule has 0 saturated heterocycles. The molecular weight excluding hydrogens is 102 g/mol. The van der Waals surface area contributed by atoms with Crippen molar-refractivity contribution in [2.75, 3.05) is 0 Å². The van der Waals surface area contributed by atoms with Gasteiger partial charge in [-0.3, -0.25) is 4.99 Å². The molecule has 0 aromatic heterocycles. The Bertz CT molecular complexity index is 120. The number of aliphatic hydroxyl groups excluding tert-OH is 1. The van der Waals surface area contributed by atoms with Gasteiger partial charge in [-0.05, 0) is 6.92 Å². The molecule has 0 rings (SSSR count). The first kappa shape index (κ1) is 6.95. The molecule has 0 spiro atoms. The van der Waals surface area contributed by atoms with Crippen LogP contribution in [0.3, 0.4) is 0 Å². The fourth-order valence-electron chi connectivity index (χ4n) is 0.212. The van der Waals surface area contributed by atoms with Crippen molar-refractivity contribution in [1.82, 2.24) is 0 Å². The van der Waals surface area contributed by atoms with Crippen LogP contribution in [0.25, 0.3) is 0 Å². The molecule has 2 heteroatoms. The van der Waals surface area contributed by atoms with Gasteiger partial charge in [0.25, 0.3) is 0 Å². The lowest BCUT2D eigenvalue weighted by Crippen LogP contribution is -1.66. The minimum absolute atomic E-state index is 0.197. The predicted octanol–water partition coefficient (Wildman–Crippen LogP) is 1.66. The molecule has 0 radical (unpaired) electrons. The van der Waals surface area contributed by atoms with Crippen LogP contribution >= 0.6 is 0 Å². The number of allylic oxidation sites excluding steroid dienone is 2. The summed E-state index contributed by atoms with van der Waals surface area (Å²) >= 11 is 0. The van der Waals surface area contributed by atoms with Gasteiger partial charge in [0.05, 0.1) is 6.20 Å². The zero-order valence-corrected chi connectivity index (χ0v) is 4.83. The summed E-state index contributed by atoms with van der Waals surface area (Å²) in [5.41, 5.74) is 0. The van der Waals surface area contributed by atoms with Gasteiger partial charge in [0, 0.05) is 6.21 Å². The minimum atomic E-state index is 0.197. The lowest BCUT2D eigenvalue weighted by Gasteiger charge is -1.78. The summed E-state index contributed by atoms with van der Waals surface area (Å²) in [6, 6.07) is 0. The van der Waals surface area contributed by atoms with Gasteiger partial charge < -0.3 is 5.11 Å². The number of hydrogen-bond donors (Lipinski definition) is 1. The van der Waals surface area contributed by atoms with E-state index in [4.69, 9.17) is 5.11 Å². The van der Waals surface area contributed by atoms with Crippen molar-refractivity contribution in [3.63, 3.8) is 0 Å². The molecule has 2 nitrogen and oxygen atoms in total. The average Bonchev–Trinajstić information content (AvgIpc) is 1.66. The summed E-state index contributed by atoms with van der Waals surface area (Å²) in [7, 11) is 0. The van der Waals surface area contributed by atoms with Crippen LogP contribution in [-0.4, -0.2) is 11.3 Å². The van der Waals surface area contributed by atoms with Gasteiger partial charge in [-0.15, -0.1) is 0 Å². The highest BCUT2D eigenvalue weighted by Crippen LogP contribution is 1.81. The third-order valence-electron chi connectivity index (χ3n) is 0.453. The van der Waals surface area contributed by atoms with E-state index in [1.165, 1.54) is 12.4 Å². The summed E-state index contributed by atoms with van der Waals surface area (Å²) in [4.78, 5) is 3.63. The highest BCUT2D eigenvalue weighted by Gasteiger charge is 1.69. The molecule has 0 bridgehead atoms. The van der Waals surface area contributed by atoms with Crippen LogP contribution in [0.15, 0.2) is 29.6 Å². The Balaban J connectivity index is 3.57. The molecule has 0 aliphatic heterocycles. The Hall–Kier alpha value is -1.05. The van der Waals surface area contributed by atoms with Gasteiger partial charge in [-0.2, -0.15) is 0 Å². The monoisotopic (exact) mass is 111 g/mol. The van der Waals surface area contributed by atoms with Crippen LogP contribution in [0, 0.1) is 0 Å².